The van der Waals surface area contributed by atoms with Gasteiger partial charge in [-0.15, -0.1) is 5.53 Å². The molecule has 4 rings (SSSR count). The third-order valence-electron chi connectivity index (χ3n) is 7.42. The van der Waals surface area contributed by atoms with E-state index in [0.717, 1.165) is 5.01 Å². The number of hydrazine groups is 2. The molecular formula is C31H33F3N10. The molecule has 1 fully saturated rings. The molecule has 1 atom stereocenters. The van der Waals surface area contributed by atoms with Crippen LogP contribution < -0.4 is 21.6 Å². The molecule has 2 aliphatic rings. The number of pyridine rings is 1. The summed E-state index contributed by atoms with van der Waals surface area (Å²) in [7, 11) is 0. The summed E-state index contributed by atoms with van der Waals surface area (Å²) >= 11 is 0. The van der Waals surface area contributed by atoms with Gasteiger partial charge >= 0.3 is 6.18 Å². The number of halogens is 3. The van der Waals surface area contributed by atoms with Crippen LogP contribution in [0.5, 0.6) is 0 Å². The van der Waals surface area contributed by atoms with Crippen LogP contribution in [0, 0.1) is 39.4 Å². The first kappa shape index (κ1) is 31.9. The SMILES string of the molecule is C=C(/C(C)=N\C(C#N)=C/C)[C@H](Nc1cc(C#N)c2ncc(C#N)c(NCC(C)(C)C)c2c1)C1=CN(C2(C(F)(F)F)CC2)NN1. The number of hydrogen-bond acceptors (Lipinski definition) is 10. The maximum absolute atomic E-state index is 13.9. The molecule has 0 saturated heterocycles. The first-order valence-corrected chi connectivity index (χ1v) is 13.9. The highest BCUT2D eigenvalue weighted by molar-refractivity contribution is 6.02. The Morgan fingerprint density at radius 3 is 2.43 bits per heavy atom. The van der Waals surface area contributed by atoms with E-state index in [1.807, 2.05) is 26.8 Å². The first-order valence-electron chi connectivity index (χ1n) is 13.9. The van der Waals surface area contributed by atoms with Crippen molar-refractivity contribution in [2.24, 2.45) is 10.4 Å². The van der Waals surface area contributed by atoms with Gasteiger partial charge in [0.15, 0.2) is 5.54 Å². The third-order valence-corrected chi connectivity index (χ3v) is 7.42. The lowest BCUT2D eigenvalue weighted by Crippen LogP contribution is -2.52. The zero-order chi connectivity index (χ0) is 32.4. The minimum atomic E-state index is -4.46. The van der Waals surface area contributed by atoms with Crippen LogP contribution in [0.4, 0.5) is 24.5 Å². The fraction of sp³-hybridized carbons (Fsp3) is 0.387. The maximum atomic E-state index is 13.9. The highest BCUT2D eigenvalue weighted by atomic mass is 19.4. The van der Waals surface area contributed by atoms with Crippen molar-refractivity contribution in [1.29, 1.82) is 15.8 Å². The monoisotopic (exact) mass is 602 g/mol. The molecule has 1 aliphatic heterocycles. The van der Waals surface area contributed by atoms with E-state index in [2.05, 4.69) is 50.3 Å². The second kappa shape index (κ2) is 11.9. The molecule has 13 heteroatoms. The standard InChI is InChI=1S/C31H33F3N10/c1-7-22(14-37)40-19(3)18(2)26(25-16-44(43-42-25)30(8-9-30)31(32,33)34)41-23-10-20(12-35)27-24(11-23)28(21(13-36)15-38-27)39-17-29(4,5)6/h7,10-11,15-16,26,41-43H,2,8-9,17H2,1,3-6H3,(H,38,39)/b22-7-,40-19-/t26-/m0/s1. The van der Waals surface area contributed by atoms with Crippen molar-refractivity contribution in [2.75, 3.05) is 17.2 Å². The highest BCUT2D eigenvalue weighted by Crippen LogP contribution is 2.53. The van der Waals surface area contributed by atoms with Gasteiger partial charge in [-0.25, -0.2) is 4.99 Å². The van der Waals surface area contributed by atoms with Gasteiger partial charge in [0.1, 0.15) is 23.9 Å². The van der Waals surface area contributed by atoms with Gasteiger partial charge in [0.2, 0.25) is 0 Å². The summed E-state index contributed by atoms with van der Waals surface area (Å²) < 4.78 is 41.7. The Kier molecular flexibility index (Phi) is 8.62. The topological polar surface area (TPSA) is 148 Å². The third kappa shape index (κ3) is 6.31. The number of nitrogens with zero attached hydrogens (tertiary/aromatic N) is 6. The number of nitriles is 3. The molecule has 0 radical (unpaired) electrons. The quantitative estimate of drug-likeness (QED) is 0.203. The number of benzene rings is 1. The largest absolute Gasteiger partial charge is 0.413 e. The Morgan fingerprint density at radius 2 is 1.89 bits per heavy atom. The van der Waals surface area contributed by atoms with Crippen LogP contribution >= 0.6 is 0 Å². The summed E-state index contributed by atoms with van der Waals surface area (Å²) in [6.07, 6.45) is -0.284. The van der Waals surface area contributed by atoms with Crippen molar-refractivity contribution in [3.8, 4) is 18.2 Å². The first-order chi connectivity index (χ1) is 20.7. The molecule has 44 heavy (non-hydrogen) atoms. The van der Waals surface area contributed by atoms with Crippen molar-refractivity contribution in [1.82, 2.24) is 21.0 Å². The van der Waals surface area contributed by atoms with Gasteiger partial charge in [-0.05, 0) is 49.8 Å². The highest BCUT2D eigenvalue weighted by Gasteiger charge is 2.67. The fourth-order valence-electron chi connectivity index (χ4n) is 4.72. The number of allylic oxidation sites excluding steroid dienone is 2. The van der Waals surface area contributed by atoms with Crippen molar-refractivity contribution < 1.29 is 13.2 Å². The molecule has 2 heterocycles. The zero-order valence-corrected chi connectivity index (χ0v) is 25.1. The van der Waals surface area contributed by atoms with E-state index in [1.54, 1.807) is 26.0 Å². The van der Waals surface area contributed by atoms with E-state index >= 15 is 0 Å². The maximum Gasteiger partial charge on any atom is 0.413 e. The van der Waals surface area contributed by atoms with Crippen LogP contribution in [-0.2, 0) is 0 Å². The van der Waals surface area contributed by atoms with Gasteiger partial charge in [0, 0.05) is 35.7 Å². The lowest BCUT2D eigenvalue weighted by Gasteiger charge is -2.28. The molecular weight excluding hydrogens is 569 g/mol. The van der Waals surface area contributed by atoms with Gasteiger partial charge in [-0.2, -0.15) is 29.0 Å². The number of alkyl halides is 3. The number of rotatable bonds is 9. The van der Waals surface area contributed by atoms with Gasteiger partial charge in [-0.3, -0.25) is 9.99 Å². The number of aliphatic imine (C=N–C) groups is 1. The lowest BCUT2D eigenvalue weighted by atomic mass is 9.96. The molecule has 1 aromatic carbocycles. The summed E-state index contributed by atoms with van der Waals surface area (Å²) in [5, 5.41) is 37.4. The van der Waals surface area contributed by atoms with Gasteiger partial charge < -0.3 is 16.1 Å². The van der Waals surface area contributed by atoms with E-state index in [1.165, 1.54) is 18.5 Å². The van der Waals surface area contributed by atoms with Crippen molar-refractivity contribution in [2.45, 2.75) is 65.2 Å². The van der Waals surface area contributed by atoms with E-state index in [4.69, 9.17) is 0 Å². The van der Waals surface area contributed by atoms with E-state index in [9.17, 15) is 29.0 Å². The van der Waals surface area contributed by atoms with E-state index in [0.29, 0.717) is 51.4 Å². The van der Waals surface area contributed by atoms with Crippen LogP contribution in [0.3, 0.4) is 0 Å². The Hall–Kier alpha value is -5.06. The Bertz CT molecular complexity index is 1700. The van der Waals surface area contributed by atoms with Crippen molar-refractivity contribution >= 4 is 28.0 Å². The zero-order valence-electron chi connectivity index (χ0n) is 25.1. The summed E-state index contributed by atoms with van der Waals surface area (Å²) in [6.45, 7) is 14.1. The predicted molar refractivity (Wildman–Crippen MR) is 162 cm³/mol. The molecule has 2 aromatic rings. The Balaban J connectivity index is 1.83. The summed E-state index contributed by atoms with van der Waals surface area (Å²) in [5.74, 6) is 0. The lowest BCUT2D eigenvalue weighted by molar-refractivity contribution is -0.195. The number of fused-ring (bicyclic) bond motifs is 1. The van der Waals surface area contributed by atoms with Crippen LogP contribution in [-0.4, -0.2) is 40.0 Å². The molecule has 0 unspecified atom stereocenters. The molecule has 1 aromatic heterocycles. The number of aromatic nitrogens is 1. The molecule has 0 bridgehead atoms. The van der Waals surface area contributed by atoms with Crippen LogP contribution in [0.1, 0.15) is 58.6 Å². The number of nitrogens with one attached hydrogen (secondary N) is 4. The van der Waals surface area contributed by atoms with Crippen molar-refractivity contribution in [3.63, 3.8) is 0 Å². The van der Waals surface area contributed by atoms with Gasteiger partial charge in [0.25, 0.3) is 0 Å². The summed E-state index contributed by atoms with van der Waals surface area (Å²) in [4.78, 5) is 8.71. The predicted octanol–water partition coefficient (Wildman–Crippen LogP) is 5.92. The fourth-order valence-corrected chi connectivity index (χ4v) is 4.72. The Morgan fingerprint density at radius 1 is 1.20 bits per heavy atom. The van der Waals surface area contributed by atoms with Crippen LogP contribution in [0.15, 0.2) is 59.1 Å². The van der Waals surface area contributed by atoms with E-state index in [-0.39, 0.29) is 29.5 Å². The van der Waals surface area contributed by atoms with Crippen molar-refractivity contribution in [3.05, 3.63) is 65.3 Å². The Labute approximate surface area is 254 Å². The molecule has 1 aliphatic carbocycles. The van der Waals surface area contributed by atoms with Crippen LogP contribution in [0.2, 0.25) is 0 Å². The smallest absolute Gasteiger partial charge is 0.383 e. The molecule has 10 nitrogen and oxygen atoms in total. The van der Waals surface area contributed by atoms with Crippen LogP contribution in [0.25, 0.3) is 10.9 Å². The normalized spacial score (nSPS) is 17.1. The average Bonchev–Trinajstić information content (AvgIpc) is 3.67. The molecule has 4 N–H and O–H groups in total. The van der Waals surface area contributed by atoms with Gasteiger partial charge in [-0.1, -0.05) is 33.4 Å². The summed E-state index contributed by atoms with van der Waals surface area (Å²) in [5.41, 5.74) is 6.36. The molecule has 228 valence electrons. The second-order valence-corrected chi connectivity index (χ2v) is 11.9. The molecule has 0 spiro atoms. The second-order valence-electron chi connectivity index (χ2n) is 11.9. The molecule has 1 saturated carbocycles. The number of anilines is 2. The van der Waals surface area contributed by atoms with Gasteiger partial charge in [0.05, 0.1) is 34.1 Å². The average molecular weight is 603 g/mol. The minimum absolute atomic E-state index is 0.0594. The molecule has 0 amide bonds. The minimum Gasteiger partial charge on any atom is -0.383 e. The number of hydrogen-bond donors (Lipinski definition) is 4. The van der Waals surface area contributed by atoms with E-state index < -0.39 is 17.8 Å². The summed E-state index contributed by atoms with van der Waals surface area (Å²) in [6, 6.07) is 8.73.